The molecule has 0 N–H and O–H groups in total. The molecule has 2 rings (SSSR count). The molecule has 1 aromatic carbocycles. The molecule has 1 amide bonds. The van der Waals surface area contributed by atoms with Crippen molar-refractivity contribution >= 4 is 29.3 Å². The third-order valence-electron chi connectivity index (χ3n) is 2.88. The number of halogens is 1. The SMILES string of the molecule is O=C(CSc1ccccc1)N1CCC(Cl)CC1. The van der Waals surface area contributed by atoms with Gasteiger partial charge in [-0.1, -0.05) is 18.2 Å². The number of carbonyl (C=O) groups is 1. The first-order valence-corrected chi connectivity index (χ1v) is 7.27. The Morgan fingerprint density at radius 3 is 2.59 bits per heavy atom. The Balaban J connectivity index is 1.78. The Bertz CT molecular complexity index is 363. The maximum absolute atomic E-state index is 11.9. The molecule has 1 aromatic rings. The van der Waals surface area contributed by atoms with Gasteiger partial charge in [-0.05, 0) is 25.0 Å². The van der Waals surface area contributed by atoms with E-state index in [1.54, 1.807) is 11.8 Å². The standard InChI is InChI=1S/C13H16ClNOS/c14-11-6-8-15(9-7-11)13(16)10-17-12-4-2-1-3-5-12/h1-5,11H,6-10H2. The smallest absolute Gasteiger partial charge is 0.232 e. The van der Waals surface area contributed by atoms with E-state index in [4.69, 9.17) is 11.6 Å². The molecule has 4 heteroatoms. The zero-order chi connectivity index (χ0) is 12.1. The minimum absolute atomic E-state index is 0.224. The largest absolute Gasteiger partial charge is 0.342 e. The molecule has 0 saturated carbocycles. The number of amides is 1. The summed E-state index contributed by atoms with van der Waals surface area (Å²) in [6, 6.07) is 10.0. The van der Waals surface area contributed by atoms with Gasteiger partial charge in [-0.2, -0.15) is 0 Å². The maximum Gasteiger partial charge on any atom is 0.232 e. The fourth-order valence-corrected chi connectivity index (χ4v) is 2.87. The van der Waals surface area contributed by atoms with Gasteiger partial charge in [-0.3, -0.25) is 4.79 Å². The van der Waals surface area contributed by atoms with Gasteiger partial charge in [-0.25, -0.2) is 0 Å². The minimum atomic E-state index is 0.224. The molecule has 0 radical (unpaired) electrons. The number of hydrogen-bond acceptors (Lipinski definition) is 2. The van der Waals surface area contributed by atoms with Gasteiger partial charge in [0.05, 0.1) is 5.75 Å². The lowest BCUT2D eigenvalue weighted by Crippen LogP contribution is -2.39. The molecule has 0 unspecified atom stereocenters. The second kappa shape index (κ2) is 6.31. The van der Waals surface area contributed by atoms with E-state index in [0.29, 0.717) is 5.75 Å². The van der Waals surface area contributed by atoms with Crippen LogP contribution in [0.25, 0.3) is 0 Å². The van der Waals surface area contributed by atoms with Crippen LogP contribution in [-0.4, -0.2) is 35.0 Å². The Morgan fingerprint density at radius 2 is 1.94 bits per heavy atom. The highest BCUT2D eigenvalue weighted by Gasteiger charge is 2.20. The van der Waals surface area contributed by atoms with E-state index in [-0.39, 0.29) is 11.3 Å². The van der Waals surface area contributed by atoms with Gasteiger partial charge >= 0.3 is 0 Å². The van der Waals surface area contributed by atoms with E-state index < -0.39 is 0 Å². The molecule has 0 aliphatic carbocycles. The van der Waals surface area contributed by atoms with Crippen molar-refractivity contribution in [3.8, 4) is 0 Å². The number of carbonyl (C=O) groups excluding carboxylic acids is 1. The van der Waals surface area contributed by atoms with E-state index in [9.17, 15) is 4.79 Å². The maximum atomic E-state index is 11.9. The number of piperidine rings is 1. The molecule has 1 heterocycles. The average Bonchev–Trinajstić information content (AvgIpc) is 2.38. The summed E-state index contributed by atoms with van der Waals surface area (Å²) < 4.78 is 0. The van der Waals surface area contributed by atoms with Crippen LogP contribution in [-0.2, 0) is 4.79 Å². The normalized spacial score (nSPS) is 17.1. The number of rotatable bonds is 3. The van der Waals surface area contributed by atoms with E-state index in [2.05, 4.69) is 0 Å². The fraction of sp³-hybridized carbons (Fsp3) is 0.462. The molecule has 17 heavy (non-hydrogen) atoms. The van der Waals surface area contributed by atoms with Gasteiger partial charge in [0.2, 0.25) is 5.91 Å². The van der Waals surface area contributed by atoms with Crippen LogP contribution in [0, 0.1) is 0 Å². The van der Waals surface area contributed by atoms with Crippen LogP contribution in [0.15, 0.2) is 35.2 Å². The predicted octanol–water partition coefficient (Wildman–Crippen LogP) is 3.01. The van der Waals surface area contributed by atoms with E-state index in [0.717, 1.165) is 30.8 Å². The Hall–Kier alpha value is -0.670. The molecule has 1 saturated heterocycles. The number of likely N-dealkylation sites (tertiary alicyclic amines) is 1. The molecule has 1 aliphatic rings. The number of hydrogen-bond donors (Lipinski definition) is 0. The second-order valence-electron chi connectivity index (χ2n) is 4.16. The minimum Gasteiger partial charge on any atom is -0.342 e. The lowest BCUT2D eigenvalue weighted by molar-refractivity contribution is -0.129. The summed E-state index contributed by atoms with van der Waals surface area (Å²) in [5, 5.41) is 0.251. The second-order valence-corrected chi connectivity index (χ2v) is 5.82. The first kappa shape index (κ1) is 12.8. The number of nitrogens with zero attached hydrogens (tertiary/aromatic N) is 1. The van der Waals surface area contributed by atoms with Crippen LogP contribution in [0.3, 0.4) is 0 Å². The quantitative estimate of drug-likeness (QED) is 0.621. The summed E-state index contributed by atoms with van der Waals surface area (Å²) >= 11 is 7.62. The zero-order valence-corrected chi connectivity index (χ0v) is 11.2. The van der Waals surface area contributed by atoms with Crippen molar-refractivity contribution in [3.63, 3.8) is 0 Å². The third kappa shape index (κ3) is 3.93. The van der Waals surface area contributed by atoms with Crippen LogP contribution in [0.4, 0.5) is 0 Å². The number of alkyl halides is 1. The van der Waals surface area contributed by atoms with Crippen LogP contribution in [0.5, 0.6) is 0 Å². The molecular formula is C13H16ClNOS. The van der Waals surface area contributed by atoms with Crippen molar-refractivity contribution in [2.75, 3.05) is 18.8 Å². The first-order valence-electron chi connectivity index (χ1n) is 5.85. The Labute approximate surface area is 111 Å². The van der Waals surface area contributed by atoms with Crippen molar-refractivity contribution < 1.29 is 4.79 Å². The monoisotopic (exact) mass is 269 g/mol. The molecule has 0 atom stereocenters. The van der Waals surface area contributed by atoms with Gasteiger partial charge in [0, 0.05) is 23.4 Å². The average molecular weight is 270 g/mol. The van der Waals surface area contributed by atoms with Crippen molar-refractivity contribution in [2.24, 2.45) is 0 Å². The fourth-order valence-electron chi connectivity index (χ4n) is 1.85. The van der Waals surface area contributed by atoms with Gasteiger partial charge in [0.15, 0.2) is 0 Å². The highest BCUT2D eigenvalue weighted by Crippen LogP contribution is 2.20. The summed E-state index contributed by atoms with van der Waals surface area (Å²) in [4.78, 5) is 15.0. The summed E-state index contributed by atoms with van der Waals surface area (Å²) in [5.74, 6) is 0.749. The molecule has 92 valence electrons. The van der Waals surface area contributed by atoms with Crippen LogP contribution >= 0.6 is 23.4 Å². The summed E-state index contributed by atoms with van der Waals surface area (Å²) in [6.45, 7) is 1.62. The summed E-state index contributed by atoms with van der Waals surface area (Å²) in [7, 11) is 0. The van der Waals surface area contributed by atoms with Gasteiger partial charge < -0.3 is 4.90 Å². The molecule has 1 aliphatic heterocycles. The summed E-state index contributed by atoms with van der Waals surface area (Å²) in [6.07, 6.45) is 1.84. The molecule has 1 fully saturated rings. The number of benzene rings is 1. The van der Waals surface area contributed by atoms with Gasteiger partial charge in [0.25, 0.3) is 0 Å². The van der Waals surface area contributed by atoms with E-state index >= 15 is 0 Å². The van der Waals surface area contributed by atoms with Crippen molar-refractivity contribution in [3.05, 3.63) is 30.3 Å². The predicted molar refractivity (Wildman–Crippen MR) is 72.6 cm³/mol. The van der Waals surface area contributed by atoms with Crippen LogP contribution in [0.1, 0.15) is 12.8 Å². The first-order chi connectivity index (χ1) is 8.25. The molecular weight excluding hydrogens is 254 g/mol. The highest BCUT2D eigenvalue weighted by molar-refractivity contribution is 8.00. The van der Waals surface area contributed by atoms with Crippen molar-refractivity contribution in [1.82, 2.24) is 4.90 Å². The highest BCUT2D eigenvalue weighted by atomic mass is 35.5. The van der Waals surface area contributed by atoms with Crippen LogP contribution < -0.4 is 0 Å². The van der Waals surface area contributed by atoms with E-state index in [1.165, 1.54) is 0 Å². The van der Waals surface area contributed by atoms with E-state index in [1.807, 2.05) is 35.2 Å². The van der Waals surface area contributed by atoms with Crippen LogP contribution in [0.2, 0.25) is 0 Å². The number of thioether (sulfide) groups is 1. The summed E-state index contributed by atoms with van der Waals surface area (Å²) in [5.41, 5.74) is 0. The molecule has 0 spiro atoms. The third-order valence-corrected chi connectivity index (χ3v) is 4.32. The van der Waals surface area contributed by atoms with Gasteiger partial charge in [0.1, 0.15) is 0 Å². The zero-order valence-electron chi connectivity index (χ0n) is 9.64. The Kier molecular flexibility index (Phi) is 4.75. The molecule has 2 nitrogen and oxygen atoms in total. The molecule has 0 aromatic heterocycles. The topological polar surface area (TPSA) is 20.3 Å². The molecule has 0 bridgehead atoms. The Morgan fingerprint density at radius 1 is 1.29 bits per heavy atom. The van der Waals surface area contributed by atoms with Crippen molar-refractivity contribution in [1.29, 1.82) is 0 Å². The van der Waals surface area contributed by atoms with Crippen molar-refractivity contribution in [2.45, 2.75) is 23.1 Å². The lowest BCUT2D eigenvalue weighted by Gasteiger charge is -2.29. The van der Waals surface area contributed by atoms with Gasteiger partial charge in [-0.15, -0.1) is 23.4 Å². The lowest BCUT2D eigenvalue weighted by atomic mass is 10.1.